The van der Waals surface area contributed by atoms with Gasteiger partial charge in [0.05, 0.1) is 16.8 Å². The number of nitrogens with one attached hydrogen (secondary N) is 4. The first-order chi connectivity index (χ1) is 18.6. The SMILES string of the molecule is O=C(Nc1cnc(Nc2cccc(OCCN3CCCC3)c2)[nH+]c1)c1cc(Nc2ccccn2)ccc1Cl. The molecule has 1 saturated heterocycles. The number of nitrogens with zero attached hydrogens (tertiary/aromatic N) is 3. The lowest BCUT2D eigenvalue weighted by Gasteiger charge is -2.15. The lowest BCUT2D eigenvalue weighted by atomic mass is 10.2. The Kier molecular flexibility index (Phi) is 8.27. The van der Waals surface area contributed by atoms with Crippen molar-refractivity contribution in [3.8, 4) is 5.75 Å². The number of rotatable bonds is 10. The molecule has 1 fully saturated rings. The average Bonchev–Trinajstić information content (AvgIpc) is 3.45. The van der Waals surface area contributed by atoms with Crippen LogP contribution in [0.25, 0.3) is 0 Å². The zero-order valence-electron chi connectivity index (χ0n) is 20.8. The van der Waals surface area contributed by atoms with E-state index in [0.29, 0.717) is 40.3 Å². The number of hydrogen-bond donors (Lipinski definition) is 3. The van der Waals surface area contributed by atoms with Crippen molar-refractivity contribution in [1.29, 1.82) is 0 Å². The van der Waals surface area contributed by atoms with Crippen LogP contribution >= 0.6 is 11.6 Å². The molecule has 194 valence electrons. The zero-order valence-corrected chi connectivity index (χ0v) is 21.5. The van der Waals surface area contributed by atoms with Gasteiger partial charge in [0, 0.05) is 24.5 Å². The van der Waals surface area contributed by atoms with Crippen molar-refractivity contribution >= 4 is 46.3 Å². The second kappa shape index (κ2) is 12.4. The molecule has 5 rings (SSSR count). The summed E-state index contributed by atoms with van der Waals surface area (Å²) >= 11 is 6.30. The van der Waals surface area contributed by atoms with E-state index in [9.17, 15) is 4.79 Å². The van der Waals surface area contributed by atoms with E-state index >= 15 is 0 Å². The van der Waals surface area contributed by atoms with Crippen LogP contribution in [-0.2, 0) is 0 Å². The van der Waals surface area contributed by atoms with Crippen molar-refractivity contribution in [3.63, 3.8) is 0 Å². The molecule has 0 atom stereocenters. The van der Waals surface area contributed by atoms with Gasteiger partial charge in [-0.05, 0) is 68.4 Å². The van der Waals surface area contributed by atoms with Crippen molar-refractivity contribution in [3.05, 3.63) is 89.8 Å². The lowest BCUT2D eigenvalue weighted by Crippen LogP contribution is -2.25. The minimum atomic E-state index is -0.352. The van der Waals surface area contributed by atoms with Gasteiger partial charge in [-0.1, -0.05) is 28.7 Å². The van der Waals surface area contributed by atoms with Crippen molar-refractivity contribution in [2.24, 2.45) is 0 Å². The quantitative estimate of drug-likeness (QED) is 0.260. The summed E-state index contributed by atoms with van der Waals surface area (Å²) < 4.78 is 5.92. The molecule has 1 aliphatic heterocycles. The molecule has 10 heteroatoms. The van der Waals surface area contributed by atoms with Crippen LogP contribution in [0.2, 0.25) is 5.02 Å². The first kappa shape index (κ1) is 25.4. The molecule has 0 spiro atoms. The van der Waals surface area contributed by atoms with E-state index in [0.717, 1.165) is 31.1 Å². The molecular weight excluding hydrogens is 502 g/mol. The zero-order chi connectivity index (χ0) is 26.2. The molecule has 0 saturated carbocycles. The lowest BCUT2D eigenvalue weighted by molar-refractivity contribution is -0.363. The Morgan fingerprint density at radius 1 is 0.974 bits per heavy atom. The Hall–Kier alpha value is -4.21. The highest BCUT2D eigenvalue weighted by Gasteiger charge is 2.15. The van der Waals surface area contributed by atoms with E-state index in [1.165, 1.54) is 12.8 Å². The van der Waals surface area contributed by atoms with E-state index in [-0.39, 0.29) is 5.91 Å². The number of H-pyrrole nitrogens is 1. The van der Waals surface area contributed by atoms with Gasteiger partial charge in [0.25, 0.3) is 5.91 Å². The molecular formula is C28H29ClN7O2+. The molecule has 38 heavy (non-hydrogen) atoms. The Balaban J connectivity index is 1.17. The molecule has 1 amide bonds. The van der Waals surface area contributed by atoms with Crippen LogP contribution in [0.1, 0.15) is 23.2 Å². The first-order valence-electron chi connectivity index (χ1n) is 12.5. The fourth-order valence-corrected chi connectivity index (χ4v) is 4.35. The van der Waals surface area contributed by atoms with Crippen molar-refractivity contribution in [2.75, 3.05) is 42.2 Å². The van der Waals surface area contributed by atoms with Crippen molar-refractivity contribution < 1.29 is 14.5 Å². The van der Waals surface area contributed by atoms with Gasteiger partial charge >= 0.3 is 5.95 Å². The molecule has 4 N–H and O–H groups in total. The highest BCUT2D eigenvalue weighted by atomic mass is 35.5. The van der Waals surface area contributed by atoms with Gasteiger partial charge in [-0.25, -0.2) is 15.3 Å². The van der Waals surface area contributed by atoms with Crippen molar-refractivity contribution in [2.45, 2.75) is 12.8 Å². The molecule has 3 heterocycles. The predicted molar refractivity (Wildman–Crippen MR) is 149 cm³/mol. The van der Waals surface area contributed by atoms with E-state index in [2.05, 4.69) is 35.8 Å². The molecule has 0 unspecified atom stereocenters. The summed E-state index contributed by atoms with van der Waals surface area (Å²) in [5, 5.41) is 9.55. The van der Waals surface area contributed by atoms with Gasteiger partial charge in [0.1, 0.15) is 35.7 Å². The fraction of sp³-hybridized carbons (Fsp3) is 0.214. The van der Waals surface area contributed by atoms with Gasteiger partial charge in [0.2, 0.25) is 0 Å². The Morgan fingerprint density at radius 2 is 1.84 bits per heavy atom. The number of aromatic nitrogens is 3. The van der Waals surface area contributed by atoms with E-state index in [4.69, 9.17) is 16.3 Å². The molecule has 1 aliphatic rings. The number of pyridine rings is 1. The van der Waals surface area contributed by atoms with Crippen LogP contribution in [0, 0.1) is 0 Å². The summed E-state index contributed by atoms with van der Waals surface area (Å²) in [6.45, 7) is 3.92. The summed E-state index contributed by atoms with van der Waals surface area (Å²) in [5.74, 6) is 1.64. The Labute approximate surface area is 226 Å². The smallest absolute Gasteiger partial charge is 0.394 e. The number of likely N-dealkylation sites (tertiary alicyclic amines) is 1. The monoisotopic (exact) mass is 530 g/mol. The minimum absolute atomic E-state index is 0.330. The molecule has 2 aromatic heterocycles. The highest BCUT2D eigenvalue weighted by Crippen LogP contribution is 2.24. The average molecular weight is 531 g/mol. The van der Waals surface area contributed by atoms with Gasteiger partial charge in [-0.3, -0.25) is 9.69 Å². The molecule has 0 bridgehead atoms. The molecule has 0 aliphatic carbocycles. The maximum absolute atomic E-state index is 12.9. The number of benzene rings is 2. The first-order valence-corrected chi connectivity index (χ1v) is 12.9. The number of ether oxygens (including phenoxy) is 1. The topological polar surface area (TPSA) is 106 Å². The normalized spacial score (nSPS) is 13.2. The third kappa shape index (κ3) is 6.96. The number of amides is 1. The largest absolute Gasteiger partial charge is 0.492 e. The standard InChI is InChI=1S/C28H28ClN7O2/c29-25-10-9-21(33-26-8-1-2-11-30-26)17-24(25)27(37)34-22-18-31-28(32-19-22)35-20-6-5-7-23(16-20)38-15-14-36-12-3-4-13-36/h1-2,5-11,16-19H,3-4,12-15H2,(H,30,33)(H,34,37)(H,31,32,35)/p+1. The van der Waals surface area contributed by atoms with Crippen LogP contribution in [-0.4, -0.2) is 47.0 Å². The second-order valence-electron chi connectivity index (χ2n) is 8.89. The summed E-state index contributed by atoms with van der Waals surface area (Å²) in [4.78, 5) is 27.0. The van der Waals surface area contributed by atoms with E-state index in [1.807, 2.05) is 42.5 Å². The molecule has 9 nitrogen and oxygen atoms in total. The van der Waals surface area contributed by atoms with Crippen LogP contribution in [0.4, 0.5) is 28.8 Å². The van der Waals surface area contributed by atoms with Crippen molar-refractivity contribution in [1.82, 2.24) is 14.9 Å². The van der Waals surface area contributed by atoms with E-state index in [1.54, 1.807) is 36.8 Å². The predicted octanol–water partition coefficient (Wildman–Crippen LogP) is 5.16. The van der Waals surface area contributed by atoms with Crippen LogP contribution in [0.3, 0.4) is 0 Å². The molecule has 0 radical (unpaired) electrons. The minimum Gasteiger partial charge on any atom is -0.492 e. The Bertz CT molecular complexity index is 1360. The summed E-state index contributed by atoms with van der Waals surface area (Å²) in [6.07, 6.45) is 7.46. The second-order valence-corrected chi connectivity index (χ2v) is 9.30. The van der Waals surface area contributed by atoms with Gasteiger partial charge < -0.3 is 15.4 Å². The van der Waals surface area contributed by atoms with Gasteiger partial charge in [-0.15, -0.1) is 0 Å². The number of aromatic amines is 1. The van der Waals surface area contributed by atoms with Gasteiger partial charge in [0.15, 0.2) is 0 Å². The van der Waals surface area contributed by atoms with Crippen LogP contribution < -0.4 is 25.7 Å². The summed E-state index contributed by atoms with van der Waals surface area (Å²) in [6, 6.07) is 18.4. The fourth-order valence-electron chi connectivity index (χ4n) is 4.15. The number of carbonyl (C=O) groups is 1. The van der Waals surface area contributed by atoms with Crippen LogP contribution in [0.15, 0.2) is 79.3 Å². The third-order valence-electron chi connectivity index (χ3n) is 6.07. The number of carbonyl (C=O) groups excluding carboxylic acids is 1. The number of halogens is 1. The summed E-state index contributed by atoms with van der Waals surface area (Å²) in [7, 11) is 0. The third-order valence-corrected chi connectivity index (χ3v) is 6.40. The van der Waals surface area contributed by atoms with E-state index < -0.39 is 0 Å². The summed E-state index contributed by atoms with van der Waals surface area (Å²) in [5.41, 5.74) is 2.37. The highest BCUT2D eigenvalue weighted by molar-refractivity contribution is 6.34. The maximum atomic E-state index is 12.9. The molecule has 4 aromatic rings. The molecule has 2 aromatic carbocycles. The van der Waals surface area contributed by atoms with Gasteiger partial charge in [-0.2, -0.15) is 0 Å². The number of anilines is 5. The maximum Gasteiger partial charge on any atom is 0.394 e. The Morgan fingerprint density at radius 3 is 2.63 bits per heavy atom. The number of hydrogen-bond acceptors (Lipinski definition) is 7. The van der Waals surface area contributed by atoms with Crippen LogP contribution in [0.5, 0.6) is 5.75 Å².